The number of hydrogen-bond acceptors (Lipinski definition) is 5. The summed E-state index contributed by atoms with van der Waals surface area (Å²) < 4.78 is 13.1. The number of hydrogen-bond donors (Lipinski definition) is 3. The first kappa shape index (κ1) is 15.2. The summed E-state index contributed by atoms with van der Waals surface area (Å²) in [7, 11) is 0. The maximum atomic E-state index is 13.1. The van der Waals surface area contributed by atoms with Gasteiger partial charge in [0.05, 0.1) is 0 Å². The van der Waals surface area contributed by atoms with Crippen LogP contribution in [-0.2, 0) is 12.8 Å². The molecule has 0 fully saturated rings. The van der Waals surface area contributed by atoms with Crippen LogP contribution in [0.5, 0.6) is 0 Å². The predicted octanol–water partition coefficient (Wildman–Crippen LogP) is 2.43. The molecule has 0 amide bonds. The van der Waals surface area contributed by atoms with E-state index in [9.17, 15) is 4.39 Å². The maximum absolute atomic E-state index is 13.1. The number of benzene rings is 1. The Balaban J connectivity index is 2.03. The largest absolute Gasteiger partial charge is 0.369 e. The summed E-state index contributed by atoms with van der Waals surface area (Å²) >= 11 is 0. The maximum Gasteiger partial charge on any atom is 0.148 e. The lowest BCUT2D eigenvalue weighted by molar-refractivity contribution is 0.625. The van der Waals surface area contributed by atoms with Crippen molar-refractivity contribution in [3.05, 3.63) is 47.0 Å². The summed E-state index contributed by atoms with van der Waals surface area (Å²) in [4.78, 5) is 8.34. The number of halogens is 1. The van der Waals surface area contributed by atoms with E-state index in [1.165, 1.54) is 12.4 Å². The zero-order valence-corrected chi connectivity index (χ0v) is 12.3. The van der Waals surface area contributed by atoms with Crippen LogP contribution in [0, 0.1) is 12.7 Å². The van der Waals surface area contributed by atoms with Crippen molar-refractivity contribution in [2.75, 3.05) is 17.3 Å². The van der Waals surface area contributed by atoms with E-state index in [-0.39, 0.29) is 5.82 Å². The van der Waals surface area contributed by atoms with Gasteiger partial charge in [-0.15, -0.1) is 0 Å². The van der Waals surface area contributed by atoms with E-state index >= 15 is 0 Å². The zero-order chi connectivity index (χ0) is 15.2. The molecule has 0 aliphatic heterocycles. The fraction of sp³-hybridized carbons (Fsp3) is 0.333. The smallest absolute Gasteiger partial charge is 0.148 e. The number of anilines is 2. The zero-order valence-electron chi connectivity index (χ0n) is 12.3. The lowest BCUT2D eigenvalue weighted by Gasteiger charge is -2.13. The highest BCUT2D eigenvalue weighted by Gasteiger charge is 2.08. The van der Waals surface area contributed by atoms with Gasteiger partial charge in [-0.2, -0.15) is 0 Å². The van der Waals surface area contributed by atoms with Crippen molar-refractivity contribution in [2.24, 2.45) is 5.84 Å². The first-order chi connectivity index (χ1) is 10.2. The first-order valence-electron chi connectivity index (χ1n) is 6.95. The summed E-state index contributed by atoms with van der Waals surface area (Å²) in [6.07, 6.45) is 3.04. The molecule has 2 aromatic rings. The van der Waals surface area contributed by atoms with Crippen molar-refractivity contribution in [1.29, 1.82) is 0 Å². The van der Waals surface area contributed by atoms with Crippen LogP contribution in [-0.4, -0.2) is 16.5 Å². The van der Waals surface area contributed by atoms with E-state index in [1.54, 1.807) is 6.07 Å². The number of hydrazine groups is 1. The minimum absolute atomic E-state index is 0.202. The second-order valence-corrected chi connectivity index (χ2v) is 4.79. The second kappa shape index (κ2) is 6.99. The number of nitrogens with two attached hydrogens (primary N) is 1. The average Bonchev–Trinajstić information content (AvgIpc) is 2.49. The lowest BCUT2D eigenvalue weighted by atomic mass is 10.1. The van der Waals surface area contributed by atoms with Crippen LogP contribution in [0.2, 0.25) is 0 Å². The van der Waals surface area contributed by atoms with Crippen LogP contribution >= 0.6 is 0 Å². The lowest BCUT2D eigenvalue weighted by Crippen LogP contribution is -2.15. The van der Waals surface area contributed by atoms with Gasteiger partial charge in [-0.3, -0.25) is 0 Å². The third-order valence-electron chi connectivity index (χ3n) is 3.43. The first-order valence-corrected chi connectivity index (χ1v) is 6.95. The standard InChI is InChI=1S/C15H20FN5/c1-3-13-14(19-9-20-15(13)21-17)18-7-6-11-4-5-12(16)8-10(11)2/h4-5,8-9H,3,6-7,17H2,1-2H3,(H2,18,19,20,21). The van der Waals surface area contributed by atoms with Crippen LogP contribution in [0.3, 0.4) is 0 Å². The van der Waals surface area contributed by atoms with Crippen LogP contribution < -0.4 is 16.6 Å². The number of rotatable bonds is 6. The molecule has 0 aliphatic rings. The van der Waals surface area contributed by atoms with Gasteiger partial charge in [0.25, 0.3) is 0 Å². The number of aryl methyl sites for hydroxylation is 1. The molecule has 0 saturated heterocycles. The van der Waals surface area contributed by atoms with Crippen molar-refractivity contribution in [2.45, 2.75) is 26.7 Å². The van der Waals surface area contributed by atoms with E-state index in [2.05, 4.69) is 20.7 Å². The number of aromatic nitrogens is 2. The molecule has 1 aromatic carbocycles. The van der Waals surface area contributed by atoms with Crippen LogP contribution in [0.1, 0.15) is 23.6 Å². The van der Waals surface area contributed by atoms with E-state index in [0.29, 0.717) is 12.4 Å². The Bertz CT molecular complexity index is 615. The van der Waals surface area contributed by atoms with Crippen molar-refractivity contribution < 1.29 is 4.39 Å². The Hall–Kier alpha value is -2.21. The monoisotopic (exact) mass is 289 g/mol. The van der Waals surface area contributed by atoms with Gasteiger partial charge >= 0.3 is 0 Å². The second-order valence-electron chi connectivity index (χ2n) is 4.79. The molecule has 0 bridgehead atoms. The van der Waals surface area contributed by atoms with E-state index < -0.39 is 0 Å². The Morgan fingerprint density at radius 3 is 2.67 bits per heavy atom. The molecule has 4 N–H and O–H groups in total. The molecule has 0 aliphatic carbocycles. The Morgan fingerprint density at radius 1 is 1.24 bits per heavy atom. The summed E-state index contributed by atoms with van der Waals surface area (Å²) in [6.45, 7) is 4.65. The number of nitrogen functional groups attached to an aromatic ring is 1. The molecule has 21 heavy (non-hydrogen) atoms. The van der Waals surface area contributed by atoms with Crippen molar-refractivity contribution >= 4 is 11.6 Å². The Morgan fingerprint density at radius 2 is 2.00 bits per heavy atom. The molecule has 0 radical (unpaired) electrons. The molecule has 0 spiro atoms. The minimum atomic E-state index is -0.202. The molecule has 5 nitrogen and oxygen atoms in total. The van der Waals surface area contributed by atoms with Gasteiger partial charge in [0.15, 0.2) is 0 Å². The van der Waals surface area contributed by atoms with Crippen molar-refractivity contribution in [3.63, 3.8) is 0 Å². The van der Waals surface area contributed by atoms with Crippen LogP contribution in [0.25, 0.3) is 0 Å². The molecule has 1 aromatic heterocycles. The topological polar surface area (TPSA) is 75.9 Å². The third kappa shape index (κ3) is 3.66. The number of nitrogens with one attached hydrogen (secondary N) is 2. The number of nitrogens with zero attached hydrogens (tertiary/aromatic N) is 2. The van der Waals surface area contributed by atoms with Crippen LogP contribution in [0.4, 0.5) is 16.0 Å². The van der Waals surface area contributed by atoms with Crippen molar-refractivity contribution in [1.82, 2.24) is 9.97 Å². The van der Waals surface area contributed by atoms with E-state index in [0.717, 1.165) is 35.3 Å². The molecule has 2 rings (SSSR count). The molecule has 0 unspecified atom stereocenters. The predicted molar refractivity (Wildman–Crippen MR) is 82.6 cm³/mol. The molecule has 1 heterocycles. The molecule has 112 valence electrons. The summed E-state index contributed by atoms with van der Waals surface area (Å²) in [5.41, 5.74) is 5.61. The third-order valence-corrected chi connectivity index (χ3v) is 3.43. The van der Waals surface area contributed by atoms with Gasteiger partial charge in [-0.05, 0) is 43.0 Å². The molecule has 0 atom stereocenters. The Kier molecular flexibility index (Phi) is 5.05. The highest BCUT2D eigenvalue weighted by atomic mass is 19.1. The van der Waals surface area contributed by atoms with Gasteiger partial charge in [0.1, 0.15) is 23.8 Å². The molecule has 6 heteroatoms. The minimum Gasteiger partial charge on any atom is -0.369 e. The Labute approximate surface area is 123 Å². The van der Waals surface area contributed by atoms with Gasteiger partial charge < -0.3 is 10.7 Å². The fourth-order valence-corrected chi connectivity index (χ4v) is 2.28. The molecule has 0 saturated carbocycles. The molecular weight excluding hydrogens is 269 g/mol. The van der Waals surface area contributed by atoms with Gasteiger partial charge in [0.2, 0.25) is 0 Å². The van der Waals surface area contributed by atoms with Gasteiger partial charge in [-0.1, -0.05) is 13.0 Å². The van der Waals surface area contributed by atoms with Crippen LogP contribution in [0.15, 0.2) is 24.5 Å². The quantitative estimate of drug-likeness (QED) is 0.562. The summed E-state index contributed by atoms with van der Waals surface area (Å²) in [5, 5.41) is 3.29. The van der Waals surface area contributed by atoms with Crippen molar-refractivity contribution in [3.8, 4) is 0 Å². The van der Waals surface area contributed by atoms with Gasteiger partial charge in [0, 0.05) is 12.1 Å². The highest BCUT2D eigenvalue weighted by molar-refractivity contribution is 5.56. The normalized spacial score (nSPS) is 10.5. The van der Waals surface area contributed by atoms with E-state index in [4.69, 9.17) is 5.84 Å². The van der Waals surface area contributed by atoms with Gasteiger partial charge in [-0.25, -0.2) is 20.2 Å². The highest BCUT2D eigenvalue weighted by Crippen LogP contribution is 2.19. The summed E-state index contributed by atoms with van der Waals surface area (Å²) in [6, 6.07) is 4.86. The summed E-state index contributed by atoms with van der Waals surface area (Å²) in [5.74, 6) is 6.65. The SMILES string of the molecule is CCc1c(NN)ncnc1NCCc1ccc(F)cc1C. The molecular formula is C15H20FN5. The average molecular weight is 289 g/mol. The van der Waals surface area contributed by atoms with E-state index in [1.807, 2.05) is 19.9 Å². The fourth-order valence-electron chi connectivity index (χ4n) is 2.28.